The van der Waals surface area contributed by atoms with E-state index in [9.17, 15) is 0 Å². The van der Waals surface area contributed by atoms with Gasteiger partial charge in [0.1, 0.15) is 5.75 Å². The average Bonchev–Trinajstić information content (AvgIpc) is 2.96. The van der Waals surface area contributed by atoms with Gasteiger partial charge in [-0.1, -0.05) is 31.4 Å². The molecule has 1 atom stereocenters. The summed E-state index contributed by atoms with van der Waals surface area (Å²) in [4.78, 5) is 0. The van der Waals surface area contributed by atoms with Gasteiger partial charge in [0, 0.05) is 13.5 Å². The molecule has 1 heterocycles. The van der Waals surface area contributed by atoms with Crippen LogP contribution in [0.5, 0.6) is 5.75 Å². The molecule has 1 aliphatic carbocycles. The van der Waals surface area contributed by atoms with Crippen LogP contribution in [0.4, 0.5) is 0 Å². The number of nitrogens with one attached hydrogen (secondary N) is 1. The number of rotatable bonds is 4. The Kier molecular flexibility index (Phi) is 3.99. The zero-order valence-electron chi connectivity index (χ0n) is 12.6. The summed E-state index contributed by atoms with van der Waals surface area (Å²) in [5.74, 6) is 1.05. The molecular weight excluding hydrogens is 250 g/mol. The van der Waals surface area contributed by atoms with Crippen molar-refractivity contribution in [3.63, 3.8) is 0 Å². The van der Waals surface area contributed by atoms with Gasteiger partial charge in [0.2, 0.25) is 0 Å². The van der Waals surface area contributed by atoms with Crippen molar-refractivity contribution < 1.29 is 9.47 Å². The van der Waals surface area contributed by atoms with Crippen molar-refractivity contribution >= 4 is 0 Å². The van der Waals surface area contributed by atoms with Gasteiger partial charge in [-0.3, -0.25) is 0 Å². The van der Waals surface area contributed by atoms with Crippen molar-refractivity contribution in [2.75, 3.05) is 20.8 Å². The fourth-order valence-corrected chi connectivity index (χ4v) is 3.88. The molecule has 0 radical (unpaired) electrons. The second kappa shape index (κ2) is 5.74. The number of hydrogen-bond acceptors (Lipinski definition) is 3. The van der Waals surface area contributed by atoms with E-state index in [1.165, 1.54) is 30.4 Å². The van der Waals surface area contributed by atoms with Crippen molar-refractivity contribution in [1.82, 2.24) is 5.32 Å². The van der Waals surface area contributed by atoms with E-state index in [4.69, 9.17) is 9.47 Å². The highest BCUT2D eigenvalue weighted by Gasteiger charge is 2.40. The maximum absolute atomic E-state index is 6.01. The van der Waals surface area contributed by atoms with E-state index in [1.807, 2.05) is 14.2 Å². The van der Waals surface area contributed by atoms with Crippen LogP contribution in [0.3, 0.4) is 0 Å². The third-order valence-corrected chi connectivity index (χ3v) is 4.97. The summed E-state index contributed by atoms with van der Waals surface area (Å²) in [6, 6.07) is 6.88. The van der Waals surface area contributed by atoms with Crippen LogP contribution in [0.1, 0.15) is 49.3 Å². The standard InChI is InChI=1S/C17H25NO2/c1-18-16(17(19-2)9-4-3-5-10-17)14-6-7-15-13(12-14)8-11-20-15/h6-7,12,16,18H,3-5,8-11H2,1-2H3. The summed E-state index contributed by atoms with van der Waals surface area (Å²) in [5, 5.41) is 3.51. The summed E-state index contributed by atoms with van der Waals surface area (Å²) < 4.78 is 11.6. The lowest BCUT2D eigenvalue weighted by Crippen LogP contribution is -2.46. The van der Waals surface area contributed by atoms with Crippen LogP contribution >= 0.6 is 0 Å². The third-order valence-electron chi connectivity index (χ3n) is 4.97. The number of likely N-dealkylation sites (N-methyl/N-ethyl adjacent to an activating group) is 1. The first kappa shape index (κ1) is 13.9. The third kappa shape index (κ3) is 2.33. The molecule has 0 bridgehead atoms. The van der Waals surface area contributed by atoms with Gasteiger partial charge in [-0.2, -0.15) is 0 Å². The average molecular weight is 275 g/mol. The summed E-state index contributed by atoms with van der Waals surface area (Å²) in [7, 11) is 3.91. The largest absolute Gasteiger partial charge is 0.493 e. The second-order valence-electron chi connectivity index (χ2n) is 6.02. The molecule has 1 aromatic carbocycles. The summed E-state index contributed by atoms with van der Waals surface area (Å²) in [6.07, 6.45) is 7.17. The van der Waals surface area contributed by atoms with E-state index >= 15 is 0 Å². The minimum atomic E-state index is -0.0549. The van der Waals surface area contributed by atoms with Crippen molar-refractivity contribution in [2.24, 2.45) is 0 Å². The molecule has 1 saturated carbocycles. The molecule has 1 aromatic rings. The Hall–Kier alpha value is -1.06. The lowest BCUT2D eigenvalue weighted by atomic mass is 9.76. The molecule has 2 aliphatic rings. The first-order valence-electron chi connectivity index (χ1n) is 7.77. The predicted molar refractivity (Wildman–Crippen MR) is 80.3 cm³/mol. The molecule has 1 fully saturated rings. The molecule has 0 aromatic heterocycles. The fraction of sp³-hybridized carbons (Fsp3) is 0.647. The Labute approximate surface area is 121 Å². The lowest BCUT2D eigenvalue weighted by molar-refractivity contribution is -0.0671. The van der Waals surface area contributed by atoms with E-state index in [2.05, 4.69) is 23.5 Å². The minimum absolute atomic E-state index is 0.0549. The van der Waals surface area contributed by atoms with Crippen LogP contribution in [0.25, 0.3) is 0 Å². The predicted octanol–water partition coefficient (Wildman–Crippen LogP) is 3.23. The van der Waals surface area contributed by atoms with Crippen LogP contribution < -0.4 is 10.1 Å². The van der Waals surface area contributed by atoms with Gasteiger partial charge in [0.25, 0.3) is 0 Å². The van der Waals surface area contributed by atoms with E-state index in [0.29, 0.717) is 0 Å². The number of benzene rings is 1. The van der Waals surface area contributed by atoms with Gasteiger partial charge in [-0.15, -0.1) is 0 Å². The van der Waals surface area contributed by atoms with Crippen LogP contribution in [-0.4, -0.2) is 26.4 Å². The van der Waals surface area contributed by atoms with Gasteiger partial charge >= 0.3 is 0 Å². The number of methoxy groups -OCH3 is 1. The quantitative estimate of drug-likeness (QED) is 0.915. The van der Waals surface area contributed by atoms with Crippen LogP contribution in [-0.2, 0) is 11.2 Å². The number of hydrogen-bond donors (Lipinski definition) is 1. The van der Waals surface area contributed by atoms with Gasteiger partial charge in [-0.05, 0) is 37.1 Å². The Morgan fingerprint density at radius 1 is 1.25 bits per heavy atom. The lowest BCUT2D eigenvalue weighted by Gasteiger charge is -2.42. The van der Waals surface area contributed by atoms with Gasteiger partial charge in [0.15, 0.2) is 0 Å². The molecular formula is C17H25NO2. The van der Waals surface area contributed by atoms with E-state index in [-0.39, 0.29) is 11.6 Å². The summed E-state index contributed by atoms with van der Waals surface area (Å²) >= 11 is 0. The fourth-order valence-electron chi connectivity index (χ4n) is 3.88. The Balaban J connectivity index is 1.92. The number of ether oxygens (including phenoxy) is 2. The van der Waals surface area contributed by atoms with E-state index in [0.717, 1.165) is 31.6 Å². The number of fused-ring (bicyclic) bond motifs is 1. The SMILES string of the molecule is CNC(c1ccc2c(c1)CCO2)C1(OC)CCCCC1. The van der Waals surface area contributed by atoms with E-state index in [1.54, 1.807) is 0 Å². The molecule has 0 amide bonds. The molecule has 0 saturated heterocycles. The maximum Gasteiger partial charge on any atom is 0.122 e. The van der Waals surface area contributed by atoms with Gasteiger partial charge < -0.3 is 14.8 Å². The van der Waals surface area contributed by atoms with Crippen molar-refractivity contribution in [1.29, 1.82) is 0 Å². The minimum Gasteiger partial charge on any atom is -0.493 e. The zero-order valence-corrected chi connectivity index (χ0v) is 12.6. The summed E-state index contributed by atoms with van der Waals surface area (Å²) in [5.41, 5.74) is 2.62. The molecule has 3 rings (SSSR count). The Bertz CT molecular complexity index is 466. The molecule has 110 valence electrons. The molecule has 1 unspecified atom stereocenters. The van der Waals surface area contributed by atoms with Crippen molar-refractivity contribution in [2.45, 2.75) is 50.2 Å². The monoisotopic (exact) mass is 275 g/mol. The van der Waals surface area contributed by atoms with E-state index < -0.39 is 0 Å². The maximum atomic E-state index is 6.01. The Morgan fingerprint density at radius 3 is 2.75 bits per heavy atom. The molecule has 3 heteroatoms. The van der Waals surface area contributed by atoms with Crippen LogP contribution in [0, 0.1) is 0 Å². The van der Waals surface area contributed by atoms with Crippen LogP contribution in [0.15, 0.2) is 18.2 Å². The highest BCUT2D eigenvalue weighted by molar-refractivity contribution is 5.41. The Morgan fingerprint density at radius 2 is 2.05 bits per heavy atom. The van der Waals surface area contributed by atoms with Crippen molar-refractivity contribution in [3.8, 4) is 5.75 Å². The topological polar surface area (TPSA) is 30.5 Å². The molecule has 3 nitrogen and oxygen atoms in total. The zero-order chi connectivity index (χ0) is 14.0. The van der Waals surface area contributed by atoms with Crippen LogP contribution in [0.2, 0.25) is 0 Å². The first-order chi connectivity index (χ1) is 9.79. The molecule has 0 spiro atoms. The highest BCUT2D eigenvalue weighted by atomic mass is 16.5. The van der Waals surface area contributed by atoms with Gasteiger partial charge in [-0.25, -0.2) is 0 Å². The first-order valence-corrected chi connectivity index (χ1v) is 7.77. The molecule has 20 heavy (non-hydrogen) atoms. The summed E-state index contributed by atoms with van der Waals surface area (Å²) in [6.45, 7) is 0.818. The second-order valence-corrected chi connectivity index (χ2v) is 6.02. The molecule has 1 N–H and O–H groups in total. The van der Waals surface area contributed by atoms with Crippen molar-refractivity contribution in [3.05, 3.63) is 29.3 Å². The molecule has 1 aliphatic heterocycles. The smallest absolute Gasteiger partial charge is 0.122 e. The van der Waals surface area contributed by atoms with Gasteiger partial charge in [0.05, 0.1) is 18.2 Å². The normalized spacial score (nSPS) is 22.1. The highest BCUT2D eigenvalue weighted by Crippen LogP contribution is 2.42.